The fourth-order valence-electron chi connectivity index (χ4n) is 1.42. The lowest BCUT2D eigenvalue weighted by Crippen LogP contribution is -2.27. The monoisotopic (exact) mass is 310 g/mol. The lowest BCUT2D eigenvalue weighted by Gasteiger charge is -2.13. The van der Waals surface area contributed by atoms with E-state index < -0.39 is 0 Å². The van der Waals surface area contributed by atoms with Crippen molar-refractivity contribution < 1.29 is 14.3 Å². The van der Waals surface area contributed by atoms with E-state index in [-0.39, 0.29) is 18.4 Å². The molecule has 1 rings (SSSR count). The molecule has 0 aliphatic heterocycles. The summed E-state index contributed by atoms with van der Waals surface area (Å²) in [5.74, 6) is 0.131. The molecule has 0 aliphatic carbocycles. The molecule has 0 aromatic heterocycles. The second-order valence-corrected chi connectivity index (χ2v) is 5.00. The summed E-state index contributed by atoms with van der Waals surface area (Å²) >= 11 is 6.06. The molecule has 1 aromatic rings. The van der Waals surface area contributed by atoms with E-state index in [1.54, 1.807) is 38.4 Å². The molecular weight excluding hydrogens is 292 g/mol. The van der Waals surface area contributed by atoms with Crippen LogP contribution in [0.4, 0.5) is 5.69 Å². The van der Waals surface area contributed by atoms with Crippen LogP contribution in [0.5, 0.6) is 5.75 Å². The third-order valence-electron chi connectivity index (χ3n) is 2.64. The zero-order valence-electron chi connectivity index (χ0n) is 12.2. The lowest BCUT2D eigenvalue weighted by atomic mass is 10.2. The summed E-state index contributed by atoms with van der Waals surface area (Å²) in [6.45, 7) is 3.48. The Morgan fingerprint density at radius 3 is 2.71 bits per heavy atom. The fraction of sp³-hybridized carbons (Fsp3) is 0.333. The summed E-state index contributed by atoms with van der Waals surface area (Å²) in [7, 11) is 3.30. The number of carbonyl (C=O) groups is 2. The third kappa shape index (κ3) is 5.87. The number of carbonyl (C=O) groups excluding carboxylic acids is 2. The molecule has 0 heterocycles. The maximum atomic E-state index is 11.6. The Bertz CT molecular complexity index is 530. The number of anilines is 1. The Balaban J connectivity index is 2.61. The van der Waals surface area contributed by atoms with Gasteiger partial charge in [-0.25, -0.2) is 0 Å². The van der Waals surface area contributed by atoms with E-state index in [1.165, 1.54) is 4.90 Å². The molecule has 1 aromatic carbocycles. The molecule has 6 heteroatoms. The maximum absolute atomic E-state index is 11.6. The Labute approximate surface area is 129 Å². The Morgan fingerprint density at radius 2 is 2.14 bits per heavy atom. The SMILES string of the molecule is C=CCCC(=O)Nc1ccc(OCC(=O)N(C)C)c(Cl)c1. The molecule has 2 amide bonds. The van der Waals surface area contributed by atoms with Gasteiger partial charge in [0.05, 0.1) is 5.02 Å². The van der Waals surface area contributed by atoms with Crippen LogP contribution in [0, 0.1) is 0 Å². The molecule has 21 heavy (non-hydrogen) atoms. The number of amides is 2. The van der Waals surface area contributed by atoms with Crippen molar-refractivity contribution in [1.29, 1.82) is 0 Å². The zero-order chi connectivity index (χ0) is 15.8. The van der Waals surface area contributed by atoms with E-state index in [9.17, 15) is 9.59 Å². The van der Waals surface area contributed by atoms with Crippen molar-refractivity contribution in [3.05, 3.63) is 35.9 Å². The van der Waals surface area contributed by atoms with E-state index >= 15 is 0 Å². The second kappa shape index (κ2) is 8.32. The number of hydrogen-bond acceptors (Lipinski definition) is 3. The van der Waals surface area contributed by atoms with Crippen LogP contribution in [-0.4, -0.2) is 37.4 Å². The number of benzene rings is 1. The largest absolute Gasteiger partial charge is 0.482 e. The summed E-state index contributed by atoms with van der Waals surface area (Å²) < 4.78 is 5.34. The van der Waals surface area contributed by atoms with E-state index in [0.717, 1.165) is 0 Å². The highest BCUT2D eigenvalue weighted by Crippen LogP contribution is 2.27. The molecule has 0 unspecified atom stereocenters. The van der Waals surface area contributed by atoms with Crippen molar-refractivity contribution in [2.24, 2.45) is 0 Å². The van der Waals surface area contributed by atoms with Crippen LogP contribution in [0.2, 0.25) is 5.02 Å². The van der Waals surface area contributed by atoms with E-state index in [2.05, 4.69) is 11.9 Å². The first-order valence-electron chi connectivity index (χ1n) is 6.47. The maximum Gasteiger partial charge on any atom is 0.259 e. The van der Waals surface area contributed by atoms with Crippen LogP contribution in [0.3, 0.4) is 0 Å². The summed E-state index contributed by atoms with van der Waals surface area (Å²) in [4.78, 5) is 24.4. The fourth-order valence-corrected chi connectivity index (χ4v) is 1.66. The second-order valence-electron chi connectivity index (χ2n) is 4.60. The minimum atomic E-state index is -0.159. The van der Waals surface area contributed by atoms with Gasteiger partial charge in [-0.2, -0.15) is 0 Å². The van der Waals surface area contributed by atoms with Crippen molar-refractivity contribution in [2.45, 2.75) is 12.8 Å². The minimum absolute atomic E-state index is 0.0856. The van der Waals surface area contributed by atoms with Crippen molar-refractivity contribution in [2.75, 3.05) is 26.0 Å². The molecule has 0 saturated heterocycles. The molecule has 0 saturated carbocycles. The van der Waals surface area contributed by atoms with Gasteiger partial charge in [0.2, 0.25) is 5.91 Å². The number of allylic oxidation sites excluding steroid dienone is 1. The summed E-state index contributed by atoms with van der Waals surface area (Å²) in [6, 6.07) is 4.88. The first-order chi connectivity index (χ1) is 9.93. The lowest BCUT2D eigenvalue weighted by molar-refractivity contribution is -0.130. The number of halogens is 1. The van der Waals surface area contributed by atoms with Gasteiger partial charge in [-0.05, 0) is 24.6 Å². The number of rotatable bonds is 7. The molecule has 0 fully saturated rings. The number of nitrogens with zero attached hydrogens (tertiary/aromatic N) is 1. The van der Waals surface area contributed by atoms with Gasteiger partial charge in [0, 0.05) is 26.2 Å². The molecule has 1 N–H and O–H groups in total. The Hall–Kier alpha value is -2.01. The van der Waals surface area contributed by atoms with Crippen LogP contribution in [0.15, 0.2) is 30.9 Å². The molecular formula is C15H19ClN2O3. The number of likely N-dealkylation sites (N-methyl/N-ethyl adjacent to an activating group) is 1. The molecule has 0 aliphatic rings. The predicted octanol–water partition coefficient (Wildman–Crippen LogP) is 2.71. The molecule has 5 nitrogen and oxygen atoms in total. The third-order valence-corrected chi connectivity index (χ3v) is 2.94. The van der Waals surface area contributed by atoms with Gasteiger partial charge in [0.25, 0.3) is 5.91 Å². The topological polar surface area (TPSA) is 58.6 Å². The number of hydrogen-bond donors (Lipinski definition) is 1. The van der Waals surface area contributed by atoms with Gasteiger partial charge >= 0.3 is 0 Å². The standard InChI is InChI=1S/C15H19ClN2O3/c1-4-5-6-14(19)17-11-7-8-13(12(16)9-11)21-10-15(20)18(2)3/h4,7-9H,1,5-6,10H2,2-3H3,(H,17,19). The first-order valence-corrected chi connectivity index (χ1v) is 6.85. The van der Waals surface area contributed by atoms with Gasteiger partial charge < -0.3 is 15.0 Å². The van der Waals surface area contributed by atoms with Gasteiger partial charge in [-0.1, -0.05) is 17.7 Å². The molecule has 0 bridgehead atoms. The van der Waals surface area contributed by atoms with E-state index in [0.29, 0.717) is 29.3 Å². The van der Waals surface area contributed by atoms with Crippen LogP contribution in [0.1, 0.15) is 12.8 Å². The summed E-state index contributed by atoms with van der Waals surface area (Å²) in [5, 5.41) is 3.06. The van der Waals surface area contributed by atoms with E-state index in [1.807, 2.05) is 0 Å². The van der Waals surface area contributed by atoms with Gasteiger partial charge in [-0.3, -0.25) is 9.59 Å². The van der Waals surface area contributed by atoms with E-state index in [4.69, 9.17) is 16.3 Å². The predicted molar refractivity (Wildman–Crippen MR) is 83.7 cm³/mol. The van der Waals surface area contributed by atoms with Crippen LogP contribution < -0.4 is 10.1 Å². The number of nitrogens with one attached hydrogen (secondary N) is 1. The van der Waals surface area contributed by atoms with Crippen molar-refractivity contribution in [1.82, 2.24) is 4.90 Å². The van der Waals surface area contributed by atoms with Gasteiger partial charge in [-0.15, -0.1) is 6.58 Å². The summed E-state index contributed by atoms with van der Waals surface area (Å²) in [6.07, 6.45) is 2.68. The van der Waals surface area contributed by atoms with Gasteiger partial charge in [0.1, 0.15) is 5.75 Å². The quantitative estimate of drug-likeness (QED) is 0.788. The first kappa shape index (κ1) is 17.0. The average Bonchev–Trinajstić information content (AvgIpc) is 2.43. The van der Waals surface area contributed by atoms with Crippen LogP contribution in [0.25, 0.3) is 0 Å². The van der Waals surface area contributed by atoms with Crippen LogP contribution in [-0.2, 0) is 9.59 Å². The normalized spacial score (nSPS) is 9.86. The molecule has 0 spiro atoms. The minimum Gasteiger partial charge on any atom is -0.482 e. The van der Waals surface area contributed by atoms with Crippen LogP contribution >= 0.6 is 11.6 Å². The Morgan fingerprint density at radius 1 is 1.43 bits per heavy atom. The smallest absolute Gasteiger partial charge is 0.259 e. The van der Waals surface area contributed by atoms with Gasteiger partial charge in [0.15, 0.2) is 6.61 Å². The zero-order valence-corrected chi connectivity index (χ0v) is 12.9. The molecule has 0 radical (unpaired) electrons. The molecule has 0 atom stereocenters. The summed E-state index contributed by atoms with van der Waals surface area (Å²) in [5.41, 5.74) is 0.584. The number of ether oxygens (including phenoxy) is 1. The average molecular weight is 311 g/mol. The highest BCUT2D eigenvalue weighted by Gasteiger charge is 2.09. The highest BCUT2D eigenvalue weighted by atomic mass is 35.5. The van der Waals surface area contributed by atoms with Crippen molar-refractivity contribution in [3.8, 4) is 5.75 Å². The molecule has 114 valence electrons. The highest BCUT2D eigenvalue weighted by molar-refractivity contribution is 6.32. The van der Waals surface area contributed by atoms with Crippen molar-refractivity contribution in [3.63, 3.8) is 0 Å². The van der Waals surface area contributed by atoms with Crippen molar-refractivity contribution >= 4 is 29.1 Å². The Kier molecular flexibility index (Phi) is 6.75.